The first-order valence-electron chi connectivity index (χ1n) is 16.7. The number of unbranched alkanes of at least 4 members (excludes halogenated alkanes) is 18. The molecule has 226 valence electrons. The van der Waals surface area contributed by atoms with Gasteiger partial charge in [-0.3, -0.25) is 0 Å². The zero-order valence-electron chi connectivity index (χ0n) is 26.0. The molecule has 0 aliphatic carbocycles. The molecule has 0 unspecified atom stereocenters. The fourth-order valence-corrected chi connectivity index (χ4v) is 5.26. The average Bonchev–Trinajstić information content (AvgIpc) is 2.96. The molecule has 0 saturated heterocycles. The molecule has 2 aromatic carbocycles. The van der Waals surface area contributed by atoms with Crippen molar-refractivity contribution in [2.24, 2.45) is 0 Å². The normalized spacial score (nSPS) is 11.2. The predicted octanol–water partition coefficient (Wildman–Crippen LogP) is 11.1. The lowest BCUT2D eigenvalue weighted by atomic mass is 10.0. The summed E-state index contributed by atoms with van der Waals surface area (Å²) in [5, 5.41) is 0. The molecule has 0 radical (unpaired) electrons. The van der Waals surface area contributed by atoms with Crippen molar-refractivity contribution in [3.05, 3.63) is 36.4 Å². The number of rotatable bonds is 25. The van der Waals surface area contributed by atoms with Gasteiger partial charge in [0.25, 0.3) is 0 Å². The summed E-state index contributed by atoms with van der Waals surface area (Å²) in [6.07, 6.45) is 26.4. The zero-order valence-corrected chi connectivity index (χ0v) is 26.0. The second kappa shape index (κ2) is 22.3. The molecule has 40 heavy (non-hydrogen) atoms. The van der Waals surface area contributed by atoms with Gasteiger partial charge in [-0.2, -0.15) is 0 Å². The topological polar surface area (TPSA) is 70.5 Å². The van der Waals surface area contributed by atoms with Gasteiger partial charge in [0.05, 0.1) is 24.6 Å². The van der Waals surface area contributed by atoms with Crippen molar-refractivity contribution in [1.29, 1.82) is 0 Å². The first kappa shape index (κ1) is 33.8. The average molecular weight is 553 g/mol. The summed E-state index contributed by atoms with van der Waals surface area (Å²) in [5.41, 5.74) is 16.1. The van der Waals surface area contributed by atoms with Crippen LogP contribution in [0.5, 0.6) is 11.5 Å². The van der Waals surface area contributed by atoms with Gasteiger partial charge in [-0.1, -0.05) is 142 Å². The van der Waals surface area contributed by atoms with Crippen molar-refractivity contribution in [3.63, 3.8) is 0 Å². The Hall–Kier alpha value is -2.36. The standard InChI is InChI=1S/C36H60N2O2/c1-3-5-7-9-11-13-15-17-19-21-27-39-35-25-23-31(29-33(35)37)32-24-26-36(34(38)30-32)40-28-22-20-18-16-14-12-10-8-6-4-2/h23-26,29-30H,3-22,27-28,37-38H2,1-2H3. The summed E-state index contributed by atoms with van der Waals surface area (Å²) in [7, 11) is 0. The molecule has 4 heteroatoms. The number of ether oxygens (including phenoxy) is 2. The molecular formula is C36H60N2O2. The van der Waals surface area contributed by atoms with E-state index in [4.69, 9.17) is 20.9 Å². The second-order valence-corrected chi connectivity index (χ2v) is 11.6. The molecule has 0 bridgehead atoms. The van der Waals surface area contributed by atoms with E-state index < -0.39 is 0 Å². The Bertz CT molecular complexity index is 825. The largest absolute Gasteiger partial charge is 0.491 e. The van der Waals surface area contributed by atoms with Crippen LogP contribution in [0.15, 0.2) is 36.4 Å². The molecule has 0 saturated carbocycles. The summed E-state index contributed by atoms with van der Waals surface area (Å²) in [6, 6.07) is 12.0. The molecule has 0 amide bonds. The fourth-order valence-electron chi connectivity index (χ4n) is 5.26. The van der Waals surface area contributed by atoms with E-state index in [0.29, 0.717) is 11.4 Å². The highest BCUT2D eigenvalue weighted by molar-refractivity contribution is 5.74. The van der Waals surface area contributed by atoms with Crippen LogP contribution in [-0.2, 0) is 0 Å². The number of nitrogens with two attached hydrogens (primary N) is 2. The number of hydrogen-bond acceptors (Lipinski definition) is 4. The van der Waals surface area contributed by atoms with Crippen molar-refractivity contribution in [2.75, 3.05) is 24.7 Å². The van der Waals surface area contributed by atoms with E-state index >= 15 is 0 Å². The van der Waals surface area contributed by atoms with Crippen LogP contribution in [0, 0.1) is 0 Å². The van der Waals surface area contributed by atoms with Gasteiger partial charge in [0.1, 0.15) is 11.5 Å². The summed E-state index contributed by atoms with van der Waals surface area (Å²) < 4.78 is 12.0. The fraction of sp³-hybridized carbons (Fsp3) is 0.667. The van der Waals surface area contributed by atoms with Gasteiger partial charge >= 0.3 is 0 Å². The van der Waals surface area contributed by atoms with Gasteiger partial charge < -0.3 is 20.9 Å². The third kappa shape index (κ3) is 14.9. The van der Waals surface area contributed by atoms with Crippen LogP contribution in [0.3, 0.4) is 0 Å². The lowest BCUT2D eigenvalue weighted by Gasteiger charge is -2.13. The third-order valence-electron chi connectivity index (χ3n) is 7.86. The first-order valence-corrected chi connectivity index (χ1v) is 16.7. The van der Waals surface area contributed by atoms with E-state index in [9.17, 15) is 0 Å². The Morgan fingerprint density at radius 3 is 1.02 bits per heavy atom. The minimum Gasteiger partial charge on any atom is -0.491 e. The molecule has 0 heterocycles. The van der Waals surface area contributed by atoms with Crippen LogP contribution in [0.2, 0.25) is 0 Å². The summed E-state index contributed by atoms with van der Waals surface area (Å²) in [5.74, 6) is 1.54. The highest BCUT2D eigenvalue weighted by Crippen LogP contribution is 2.32. The van der Waals surface area contributed by atoms with Crippen molar-refractivity contribution >= 4 is 11.4 Å². The predicted molar refractivity (Wildman–Crippen MR) is 175 cm³/mol. The minimum atomic E-state index is 0.671. The van der Waals surface area contributed by atoms with E-state index in [2.05, 4.69) is 26.0 Å². The van der Waals surface area contributed by atoms with Crippen LogP contribution in [0.4, 0.5) is 11.4 Å². The van der Waals surface area contributed by atoms with Gasteiger partial charge in [-0.15, -0.1) is 0 Å². The molecule has 0 aromatic heterocycles. The van der Waals surface area contributed by atoms with E-state index in [1.165, 1.54) is 116 Å². The van der Waals surface area contributed by atoms with Crippen molar-refractivity contribution in [1.82, 2.24) is 0 Å². The number of nitrogen functional groups attached to an aromatic ring is 2. The molecule has 2 rings (SSSR count). The summed E-state index contributed by atoms with van der Waals surface area (Å²) >= 11 is 0. The Balaban J connectivity index is 1.62. The lowest BCUT2D eigenvalue weighted by molar-refractivity contribution is 0.305. The van der Waals surface area contributed by atoms with E-state index in [1.807, 2.05) is 24.3 Å². The van der Waals surface area contributed by atoms with Gasteiger partial charge in [-0.25, -0.2) is 0 Å². The Morgan fingerprint density at radius 1 is 0.425 bits per heavy atom. The maximum absolute atomic E-state index is 6.33. The Morgan fingerprint density at radius 2 is 0.725 bits per heavy atom. The van der Waals surface area contributed by atoms with E-state index in [-0.39, 0.29) is 0 Å². The van der Waals surface area contributed by atoms with Gasteiger partial charge in [0.2, 0.25) is 0 Å². The van der Waals surface area contributed by atoms with Gasteiger partial charge in [0, 0.05) is 0 Å². The lowest BCUT2D eigenvalue weighted by Crippen LogP contribution is -2.01. The van der Waals surface area contributed by atoms with Crippen LogP contribution in [-0.4, -0.2) is 13.2 Å². The quantitative estimate of drug-likeness (QED) is 0.0949. The Kier molecular flexibility index (Phi) is 18.9. The molecule has 4 N–H and O–H groups in total. The number of hydrogen-bond donors (Lipinski definition) is 2. The zero-order chi connectivity index (χ0) is 28.7. The molecule has 4 nitrogen and oxygen atoms in total. The van der Waals surface area contributed by atoms with E-state index in [0.717, 1.165) is 48.7 Å². The van der Waals surface area contributed by atoms with Crippen LogP contribution in [0.1, 0.15) is 142 Å². The Labute approximate surface area is 246 Å². The second-order valence-electron chi connectivity index (χ2n) is 11.6. The first-order chi connectivity index (χ1) is 19.7. The van der Waals surface area contributed by atoms with Crippen LogP contribution >= 0.6 is 0 Å². The third-order valence-corrected chi connectivity index (χ3v) is 7.86. The van der Waals surface area contributed by atoms with Crippen LogP contribution in [0.25, 0.3) is 11.1 Å². The summed E-state index contributed by atoms with van der Waals surface area (Å²) in [6.45, 7) is 5.99. The highest BCUT2D eigenvalue weighted by Gasteiger charge is 2.08. The molecule has 0 spiro atoms. The molecular weight excluding hydrogens is 492 g/mol. The van der Waals surface area contributed by atoms with Crippen molar-refractivity contribution in [3.8, 4) is 22.6 Å². The van der Waals surface area contributed by atoms with E-state index in [1.54, 1.807) is 0 Å². The molecule has 0 fully saturated rings. The van der Waals surface area contributed by atoms with Crippen LogP contribution < -0.4 is 20.9 Å². The number of anilines is 2. The highest BCUT2D eigenvalue weighted by atomic mass is 16.5. The smallest absolute Gasteiger partial charge is 0.142 e. The summed E-state index contributed by atoms with van der Waals surface area (Å²) in [4.78, 5) is 0. The molecule has 0 aliphatic rings. The minimum absolute atomic E-state index is 0.671. The monoisotopic (exact) mass is 552 g/mol. The molecule has 0 aliphatic heterocycles. The SMILES string of the molecule is CCCCCCCCCCCCOc1ccc(-c2ccc(OCCCCCCCCCCCC)c(N)c2)cc1N. The van der Waals surface area contributed by atoms with Crippen molar-refractivity contribution < 1.29 is 9.47 Å². The molecule has 0 atom stereocenters. The van der Waals surface area contributed by atoms with Crippen molar-refractivity contribution in [2.45, 2.75) is 142 Å². The van der Waals surface area contributed by atoms with Gasteiger partial charge in [0.15, 0.2) is 0 Å². The molecule has 2 aromatic rings. The number of benzene rings is 2. The maximum atomic E-state index is 6.33. The maximum Gasteiger partial charge on any atom is 0.142 e. The van der Waals surface area contributed by atoms with Gasteiger partial charge in [-0.05, 0) is 48.2 Å².